The molecule has 26 heavy (non-hydrogen) atoms. The average Bonchev–Trinajstić information content (AvgIpc) is 3.07. The van der Waals surface area contributed by atoms with Gasteiger partial charge in [-0.2, -0.15) is 0 Å². The highest BCUT2D eigenvalue weighted by Crippen LogP contribution is 2.50. The molecule has 2 aliphatic heterocycles. The van der Waals surface area contributed by atoms with Gasteiger partial charge in [-0.1, -0.05) is 23.7 Å². The molecule has 0 atom stereocenters. The van der Waals surface area contributed by atoms with Crippen molar-refractivity contribution in [1.82, 2.24) is 0 Å². The van der Waals surface area contributed by atoms with Gasteiger partial charge in [-0.05, 0) is 50.1 Å². The first-order valence-corrected chi connectivity index (χ1v) is 8.90. The number of amides is 2. The van der Waals surface area contributed by atoms with Gasteiger partial charge in [0.2, 0.25) is 0 Å². The van der Waals surface area contributed by atoms with Crippen molar-refractivity contribution in [2.75, 3.05) is 4.90 Å². The van der Waals surface area contributed by atoms with Crippen LogP contribution >= 0.6 is 23.2 Å². The lowest BCUT2D eigenvalue weighted by atomic mass is 9.91. The summed E-state index contributed by atoms with van der Waals surface area (Å²) in [6, 6.07) is 6.97. The predicted molar refractivity (Wildman–Crippen MR) is 98.5 cm³/mol. The van der Waals surface area contributed by atoms with E-state index in [1.54, 1.807) is 44.2 Å². The summed E-state index contributed by atoms with van der Waals surface area (Å²) in [5, 5.41) is 0.793. The van der Waals surface area contributed by atoms with Gasteiger partial charge in [-0.3, -0.25) is 4.79 Å². The third-order valence-corrected chi connectivity index (χ3v) is 5.09. The van der Waals surface area contributed by atoms with Crippen molar-refractivity contribution in [2.24, 2.45) is 0 Å². The van der Waals surface area contributed by atoms with Crippen molar-refractivity contribution >= 4 is 46.5 Å². The molecule has 134 valence electrons. The highest BCUT2D eigenvalue weighted by molar-refractivity contribution is 6.41. The molecule has 0 fully saturated rings. The Morgan fingerprint density at radius 2 is 1.92 bits per heavy atom. The van der Waals surface area contributed by atoms with E-state index in [0.717, 1.165) is 10.7 Å². The highest BCUT2D eigenvalue weighted by atomic mass is 35.5. The number of anilines is 1. The number of hydrogen-bond acceptors (Lipinski definition) is 4. The second-order valence-corrected chi connectivity index (χ2v) is 7.48. The smallest absolute Gasteiger partial charge is 0.422 e. The van der Waals surface area contributed by atoms with E-state index in [0.29, 0.717) is 45.5 Å². The Hall–Kier alpha value is -2.24. The summed E-state index contributed by atoms with van der Waals surface area (Å²) < 4.78 is 10.8. The maximum absolute atomic E-state index is 12.8. The number of hydrogen-bond donors (Lipinski definition) is 0. The molecule has 0 bridgehead atoms. The second-order valence-electron chi connectivity index (χ2n) is 6.70. The maximum Gasteiger partial charge on any atom is 0.422 e. The number of nitrogens with zero attached hydrogens (tertiary/aromatic N) is 1. The molecule has 0 spiro atoms. The van der Waals surface area contributed by atoms with E-state index in [1.807, 2.05) is 0 Å². The van der Waals surface area contributed by atoms with Crippen LogP contribution in [-0.2, 0) is 21.6 Å². The Kier molecular flexibility index (Phi) is 3.90. The number of carbonyl (C=O) groups is 2. The zero-order valence-electron chi connectivity index (χ0n) is 14.1. The Morgan fingerprint density at radius 3 is 2.62 bits per heavy atom. The van der Waals surface area contributed by atoms with E-state index < -0.39 is 17.6 Å². The number of aryl methyl sites for hydroxylation is 1. The minimum Gasteiger partial charge on any atom is -0.450 e. The standard InChI is InChI=1S/C19H15Cl2NO4/c1-19(2)15-13(20)8-7-11-12(5-3-4-10-6-9-14(21)25-10)17(23)22(16(11)15)18(24)26-19/h5-9H,3-4H2,1-2H3/b12-5+. The topological polar surface area (TPSA) is 59.8 Å². The van der Waals surface area contributed by atoms with Crippen molar-refractivity contribution < 1.29 is 18.7 Å². The molecular weight excluding hydrogens is 377 g/mol. The zero-order valence-corrected chi connectivity index (χ0v) is 15.6. The minimum absolute atomic E-state index is 0.330. The normalized spacial score (nSPS) is 19.1. The SMILES string of the molecule is CC1(C)OC(=O)N2C(=O)/C(=C/CCc3ccc(Cl)o3)c3ccc(Cl)c1c32. The van der Waals surface area contributed by atoms with Gasteiger partial charge in [0.15, 0.2) is 5.22 Å². The van der Waals surface area contributed by atoms with Crippen molar-refractivity contribution in [2.45, 2.75) is 32.3 Å². The van der Waals surface area contributed by atoms with Crippen LogP contribution in [0.5, 0.6) is 0 Å². The molecule has 1 aromatic carbocycles. The van der Waals surface area contributed by atoms with Crippen LogP contribution < -0.4 is 4.90 Å². The Balaban J connectivity index is 1.74. The molecule has 0 aliphatic carbocycles. The Bertz CT molecular complexity index is 974. The van der Waals surface area contributed by atoms with Crippen LogP contribution in [0.1, 0.15) is 37.2 Å². The fraction of sp³-hybridized carbons (Fsp3) is 0.263. The van der Waals surface area contributed by atoms with E-state index in [-0.39, 0.29) is 0 Å². The van der Waals surface area contributed by atoms with Gasteiger partial charge in [-0.15, -0.1) is 0 Å². The van der Waals surface area contributed by atoms with E-state index in [2.05, 4.69) is 0 Å². The van der Waals surface area contributed by atoms with Gasteiger partial charge >= 0.3 is 6.09 Å². The van der Waals surface area contributed by atoms with Crippen molar-refractivity contribution in [3.63, 3.8) is 0 Å². The summed E-state index contributed by atoms with van der Waals surface area (Å²) in [6.45, 7) is 3.52. The minimum atomic E-state index is -0.906. The number of benzene rings is 1. The summed E-state index contributed by atoms with van der Waals surface area (Å²) in [5.41, 5.74) is 1.42. The highest BCUT2D eigenvalue weighted by Gasteiger charge is 2.49. The van der Waals surface area contributed by atoms with Crippen LogP contribution in [0, 0.1) is 0 Å². The molecule has 0 saturated carbocycles. The van der Waals surface area contributed by atoms with Crippen LogP contribution in [0.4, 0.5) is 10.5 Å². The fourth-order valence-corrected chi connectivity index (χ4v) is 4.00. The lowest BCUT2D eigenvalue weighted by molar-refractivity contribution is -0.113. The molecule has 0 N–H and O–H groups in total. The summed E-state index contributed by atoms with van der Waals surface area (Å²) in [5.74, 6) is 0.331. The first kappa shape index (κ1) is 17.2. The van der Waals surface area contributed by atoms with Crippen LogP contribution in [0.15, 0.2) is 34.8 Å². The van der Waals surface area contributed by atoms with Gasteiger partial charge in [0.25, 0.3) is 5.91 Å². The quantitative estimate of drug-likeness (QED) is 0.662. The average molecular weight is 392 g/mol. The summed E-state index contributed by atoms with van der Waals surface area (Å²) in [4.78, 5) is 26.3. The number of carbonyl (C=O) groups excluding carboxylic acids is 2. The Morgan fingerprint density at radius 1 is 1.15 bits per heavy atom. The molecule has 2 aliphatic rings. The largest absolute Gasteiger partial charge is 0.450 e. The predicted octanol–water partition coefficient (Wildman–Crippen LogP) is 5.33. The number of allylic oxidation sites excluding steroid dienone is 1. The monoisotopic (exact) mass is 391 g/mol. The number of halogens is 2. The van der Waals surface area contributed by atoms with E-state index in [4.69, 9.17) is 32.4 Å². The lowest BCUT2D eigenvalue weighted by Gasteiger charge is -2.36. The summed E-state index contributed by atoms with van der Waals surface area (Å²) in [6.07, 6.45) is 2.28. The van der Waals surface area contributed by atoms with Crippen LogP contribution in [0.2, 0.25) is 10.2 Å². The number of cyclic esters (lactones) is 1. The van der Waals surface area contributed by atoms with Crippen LogP contribution in [-0.4, -0.2) is 12.0 Å². The second kappa shape index (κ2) is 5.89. The van der Waals surface area contributed by atoms with Gasteiger partial charge in [0, 0.05) is 28.1 Å². The maximum atomic E-state index is 12.8. The first-order chi connectivity index (χ1) is 12.3. The first-order valence-electron chi connectivity index (χ1n) is 8.15. The number of rotatable bonds is 3. The summed E-state index contributed by atoms with van der Waals surface area (Å²) >= 11 is 12.1. The molecule has 2 amide bonds. The Labute approximate surface area is 160 Å². The molecule has 5 nitrogen and oxygen atoms in total. The van der Waals surface area contributed by atoms with Gasteiger partial charge in [-0.25, -0.2) is 9.69 Å². The lowest BCUT2D eigenvalue weighted by Crippen LogP contribution is -2.44. The zero-order chi connectivity index (χ0) is 18.6. The van der Waals surface area contributed by atoms with Crippen LogP contribution in [0.3, 0.4) is 0 Å². The fourth-order valence-electron chi connectivity index (χ4n) is 3.46. The van der Waals surface area contributed by atoms with Gasteiger partial charge < -0.3 is 9.15 Å². The van der Waals surface area contributed by atoms with Crippen molar-refractivity contribution in [1.29, 1.82) is 0 Å². The molecule has 7 heteroatoms. The molecule has 0 radical (unpaired) electrons. The molecule has 3 heterocycles. The molecular formula is C19H15Cl2NO4. The summed E-state index contributed by atoms with van der Waals surface area (Å²) in [7, 11) is 0. The molecule has 4 rings (SSSR count). The van der Waals surface area contributed by atoms with Crippen LogP contribution in [0.25, 0.3) is 5.57 Å². The van der Waals surface area contributed by atoms with Gasteiger partial charge in [0.05, 0.1) is 5.69 Å². The third-order valence-electron chi connectivity index (χ3n) is 4.57. The molecule has 2 aromatic rings. The number of ether oxygens (including phenoxy) is 1. The molecule has 0 unspecified atom stereocenters. The molecule has 1 aromatic heterocycles. The van der Waals surface area contributed by atoms with E-state index in [9.17, 15) is 9.59 Å². The van der Waals surface area contributed by atoms with Crippen molar-refractivity contribution in [3.8, 4) is 0 Å². The van der Waals surface area contributed by atoms with Crippen molar-refractivity contribution in [3.05, 3.63) is 57.5 Å². The van der Waals surface area contributed by atoms with Gasteiger partial charge in [0.1, 0.15) is 11.4 Å². The number of furan rings is 1. The number of imide groups is 1. The van der Waals surface area contributed by atoms with E-state index >= 15 is 0 Å². The molecule has 0 saturated heterocycles. The third kappa shape index (κ3) is 2.54. The van der Waals surface area contributed by atoms with E-state index in [1.165, 1.54) is 0 Å².